The van der Waals surface area contributed by atoms with Crippen molar-refractivity contribution < 1.29 is 18.3 Å². The summed E-state index contributed by atoms with van der Waals surface area (Å²) >= 11 is 13.3. The highest BCUT2D eigenvalue weighted by Crippen LogP contribution is 2.35. The molecule has 0 aliphatic rings. The van der Waals surface area contributed by atoms with Crippen molar-refractivity contribution in [1.82, 2.24) is 0 Å². The van der Waals surface area contributed by atoms with Crippen LogP contribution >= 0.6 is 39.1 Å². The highest BCUT2D eigenvalue weighted by Gasteiger charge is 2.37. The topological polar surface area (TPSA) is 26.3 Å². The monoisotopic (exact) mass is 332 g/mol. The van der Waals surface area contributed by atoms with Crippen molar-refractivity contribution in [2.24, 2.45) is 0 Å². The maximum absolute atomic E-state index is 12.8. The van der Waals surface area contributed by atoms with Crippen molar-refractivity contribution in [1.29, 1.82) is 0 Å². The molecule has 0 radical (unpaired) electrons. The molecule has 0 atom stereocenters. The summed E-state index contributed by atoms with van der Waals surface area (Å²) in [5, 5.41) is -0.0168. The summed E-state index contributed by atoms with van der Waals surface area (Å²) in [5.74, 6) is -1.35. The number of carbonyl (C=O) groups excluding carboxylic acids is 1. The zero-order valence-electron chi connectivity index (χ0n) is 7.86. The predicted octanol–water partition coefficient (Wildman–Crippen LogP) is 4.17. The Bertz CT molecular complexity index is 432. The van der Waals surface area contributed by atoms with Crippen LogP contribution in [-0.4, -0.2) is 17.7 Å². The van der Waals surface area contributed by atoms with Crippen molar-refractivity contribution in [3.8, 4) is 5.75 Å². The molecule has 0 spiro atoms. The van der Waals surface area contributed by atoms with Gasteiger partial charge in [0.25, 0.3) is 0 Å². The van der Waals surface area contributed by atoms with Gasteiger partial charge >= 0.3 is 4.83 Å². The van der Waals surface area contributed by atoms with E-state index in [4.69, 9.17) is 27.9 Å². The molecular formula is C9H5BrCl2F2O2. The van der Waals surface area contributed by atoms with Crippen LogP contribution in [0.25, 0.3) is 0 Å². The van der Waals surface area contributed by atoms with Gasteiger partial charge in [0.05, 0.1) is 17.2 Å². The number of benzene rings is 1. The summed E-state index contributed by atoms with van der Waals surface area (Å²) in [6.45, 7) is 0. The fourth-order valence-electron chi connectivity index (χ4n) is 1.01. The van der Waals surface area contributed by atoms with E-state index in [0.717, 1.165) is 6.07 Å². The van der Waals surface area contributed by atoms with Crippen LogP contribution in [0.15, 0.2) is 12.1 Å². The largest absolute Gasteiger partial charge is 0.495 e. The van der Waals surface area contributed by atoms with Gasteiger partial charge in [-0.1, -0.05) is 23.2 Å². The lowest BCUT2D eigenvalue weighted by atomic mass is 10.1. The van der Waals surface area contributed by atoms with Gasteiger partial charge in [-0.2, -0.15) is 8.78 Å². The highest BCUT2D eigenvalue weighted by atomic mass is 79.9. The zero-order valence-corrected chi connectivity index (χ0v) is 11.0. The SMILES string of the molecule is COc1cc(C(=O)C(F)(F)Br)c(Cl)cc1Cl. The first-order chi connectivity index (χ1) is 7.27. The van der Waals surface area contributed by atoms with Gasteiger partial charge in [-0.3, -0.25) is 4.79 Å². The average molecular weight is 334 g/mol. The number of carbonyl (C=O) groups is 1. The van der Waals surface area contributed by atoms with E-state index < -0.39 is 10.6 Å². The lowest BCUT2D eigenvalue weighted by molar-refractivity contribution is 0.0592. The summed E-state index contributed by atoms with van der Waals surface area (Å²) in [4.78, 5) is 7.62. The predicted molar refractivity (Wildman–Crippen MR) is 61.2 cm³/mol. The lowest BCUT2D eigenvalue weighted by Gasteiger charge is -2.11. The van der Waals surface area contributed by atoms with E-state index in [-0.39, 0.29) is 21.4 Å². The van der Waals surface area contributed by atoms with E-state index in [2.05, 4.69) is 0 Å². The number of halogens is 5. The Morgan fingerprint density at radius 3 is 2.38 bits per heavy atom. The summed E-state index contributed by atoms with van der Waals surface area (Å²) in [6.07, 6.45) is 0. The van der Waals surface area contributed by atoms with Crippen LogP contribution in [-0.2, 0) is 0 Å². The number of hydrogen-bond donors (Lipinski definition) is 0. The van der Waals surface area contributed by atoms with Gasteiger partial charge in [-0.25, -0.2) is 0 Å². The van der Waals surface area contributed by atoms with Crippen LogP contribution < -0.4 is 4.74 Å². The minimum absolute atomic E-state index is 0.103. The zero-order chi connectivity index (χ0) is 12.5. The van der Waals surface area contributed by atoms with E-state index in [1.54, 1.807) is 0 Å². The number of alkyl halides is 3. The van der Waals surface area contributed by atoms with Gasteiger partial charge in [0.2, 0.25) is 5.78 Å². The molecule has 0 bridgehead atoms. The quantitative estimate of drug-likeness (QED) is 0.613. The normalized spacial score (nSPS) is 11.4. The summed E-state index contributed by atoms with van der Waals surface area (Å²) in [5.41, 5.74) is -0.357. The molecule has 1 aromatic carbocycles. The maximum Gasteiger partial charge on any atom is 0.363 e. The first-order valence-electron chi connectivity index (χ1n) is 3.92. The molecule has 16 heavy (non-hydrogen) atoms. The molecular weight excluding hydrogens is 329 g/mol. The molecule has 0 aliphatic heterocycles. The molecule has 0 aliphatic carbocycles. The molecule has 1 rings (SSSR count). The first-order valence-corrected chi connectivity index (χ1v) is 5.47. The van der Waals surface area contributed by atoms with E-state index in [1.165, 1.54) is 13.2 Å². The van der Waals surface area contributed by atoms with Crippen LogP contribution in [0.4, 0.5) is 8.78 Å². The fraction of sp³-hybridized carbons (Fsp3) is 0.222. The molecule has 0 N–H and O–H groups in total. The summed E-state index contributed by atoms with van der Waals surface area (Å²) < 4.78 is 30.3. The van der Waals surface area contributed by atoms with Crippen LogP contribution in [0.3, 0.4) is 0 Å². The molecule has 0 saturated heterocycles. The molecule has 2 nitrogen and oxygen atoms in total. The van der Waals surface area contributed by atoms with Crippen molar-refractivity contribution in [3.05, 3.63) is 27.7 Å². The van der Waals surface area contributed by atoms with Crippen molar-refractivity contribution >= 4 is 44.9 Å². The van der Waals surface area contributed by atoms with Gasteiger partial charge in [0.1, 0.15) is 5.75 Å². The first kappa shape index (κ1) is 13.7. The van der Waals surface area contributed by atoms with Gasteiger partial charge < -0.3 is 4.74 Å². The Morgan fingerprint density at radius 2 is 1.94 bits per heavy atom. The third kappa shape index (κ3) is 2.84. The second-order valence-corrected chi connectivity index (χ2v) is 4.60. The van der Waals surface area contributed by atoms with Crippen LogP contribution in [0.1, 0.15) is 10.4 Å². The molecule has 0 saturated carbocycles. The van der Waals surface area contributed by atoms with E-state index >= 15 is 0 Å². The molecule has 0 fully saturated rings. The molecule has 7 heteroatoms. The highest BCUT2D eigenvalue weighted by molar-refractivity contribution is 9.10. The average Bonchev–Trinajstić information content (AvgIpc) is 2.15. The third-order valence-corrected chi connectivity index (χ3v) is 2.71. The molecule has 0 unspecified atom stereocenters. The van der Waals surface area contributed by atoms with Crippen LogP contribution in [0.5, 0.6) is 5.75 Å². The molecule has 1 aromatic rings. The van der Waals surface area contributed by atoms with Gasteiger partial charge in [0.15, 0.2) is 0 Å². The molecule has 88 valence electrons. The molecule has 0 heterocycles. The number of ether oxygens (including phenoxy) is 1. The minimum atomic E-state index is -3.67. The van der Waals surface area contributed by atoms with Gasteiger partial charge in [-0.05, 0) is 28.1 Å². The number of rotatable bonds is 3. The number of ketones is 1. The van der Waals surface area contributed by atoms with Crippen molar-refractivity contribution in [3.63, 3.8) is 0 Å². The third-order valence-electron chi connectivity index (χ3n) is 1.74. The molecule has 0 amide bonds. The number of methoxy groups -OCH3 is 1. The van der Waals surface area contributed by atoms with Gasteiger partial charge in [0, 0.05) is 5.56 Å². The smallest absolute Gasteiger partial charge is 0.363 e. The van der Waals surface area contributed by atoms with E-state index in [1.807, 2.05) is 15.9 Å². The Labute approximate surface area is 109 Å². The van der Waals surface area contributed by atoms with Crippen molar-refractivity contribution in [2.75, 3.05) is 7.11 Å². The number of Topliss-reactive ketones (excluding diaryl/α,β-unsaturated/α-hetero) is 1. The lowest BCUT2D eigenvalue weighted by Crippen LogP contribution is -2.21. The summed E-state index contributed by atoms with van der Waals surface area (Å²) in [6, 6.07) is 2.25. The standard InChI is InChI=1S/C9H5BrCl2F2O2/c1-16-7-2-4(5(11)3-6(7)12)8(15)9(10,13)14/h2-3H,1H3. The Hall–Kier alpha value is -0.390. The van der Waals surface area contributed by atoms with Crippen molar-refractivity contribution in [2.45, 2.75) is 4.83 Å². The van der Waals surface area contributed by atoms with E-state index in [0.29, 0.717) is 0 Å². The Kier molecular flexibility index (Phi) is 4.15. The maximum atomic E-state index is 12.8. The second kappa shape index (κ2) is 4.85. The fourth-order valence-corrected chi connectivity index (χ4v) is 1.77. The minimum Gasteiger partial charge on any atom is -0.495 e. The summed E-state index contributed by atoms with van der Waals surface area (Å²) in [7, 11) is 1.30. The van der Waals surface area contributed by atoms with Crippen LogP contribution in [0, 0.1) is 0 Å². The molecule has 0 aromatic heterocycles. The van der Waals surface area contributed by atoms with E-state index in [9.17, 15) is 13.6 Å². The van der Waals surface area contributed by atoms with Crippen LogP contribution in [0.2, 0.25) is 10.0 Å². The second-order valence-electron chi connectivity index (χ2n) is 2.79. The Balaban J connectivity index is 3.30. The van der Waals surface area contributed by atoms with Gasteiger partial charge in [-0.15, -0.1) is 0 Å². The number of hydrogen-bond acceptors (Lipinski definition) is 2. The Morgan fingerprint density at radius 1 is 1.38 bits per heavy atom.